The van der Waals surface area contributed by atoms with Crippen LogP contribution >= 0.6 is 0 Å². The lowest BCUT2D eigenvalue weighted by atomic mass is 10.2. The van der Waals surface area contributed by atoms with Crippen LogP contribution in [0.5, 0.6) is 0 Å². The van der Waals surface area contributed by atoms with Crippen LogP contribution in [-0.2, 0) is 0 Å². The van der Waals surface area contributed by atoms with Gasteiger partial charge in [-0.2, -0.15) is 13.2 Å². The van der Waals surface area contributed by atoms with Gasteiger partial charge in [0.25, 0.3) is 0 Å². The molecule has 2 saturated heterocycles. The lowest BCUT2D eigenvalue weighted by molar-refractivity contribution is -0.143. The summed E-state index contributed by atoms with van der Waals surface area (Å²) in [5.41, 5.74) is 0. The first-order valence-electron chi connectivity index (χ1n) is 9.53. The van der Waals surface area contributed by atoms with Crippen molar-refractivity contribution in [2.45, 2.75) is 38.5 Å². The van der Waals surface area contributed by atoms with Crippen LogP contribution < -0.4 is 10.6 Å². The van der Waals surface area contributed by atoms with Crippen molar-refractivity contribution in [3.63, 3.8) is 0 Å². The van der Waals surface area contributed by atoms with Crippen LogP contribution in [0, 0.1) is 0 Å². The van der Waals surface area contributed by atoms with Crippen molar-refractivity contribution in [3.8, 4) is 0 Å². The molecule has 2 aliphatic rings. The molecule has 2 atom stereocenters. The maximum absolute atomic E-state index is 12.5. The van der Waals surface area contributed by atoms with Gasteiger partial charge in [-0.3, -0.25) is 14.8 Å². The normalized spacial score (nSPS) is 25.5. The van der Waals surface area contributed by atoms with Gasteiger partial charge >= 0.3 is 6.18 Å². The molecule has 0 bridgehead atoms. The van der Waals surface area contributed by atoms with Crippen molar-refractivity contribution in [1.82, 2.24) is 25.3 Å². The molecule has 6 nitrogen and oxygen atoms in total. The van der Waals surface area contributed by atoms with E-state index in [1.54, 1.807) is 7.05 Å². The molecule has 0 saturated carbocycles. The zero-order valence-corrected chi connectivity index (χ0v) is 16.1. The molecule has 0 amide bonds. The number of hydrogen-bond donors (Lipinski definition) is 2. The molecule has 0 aliphatic carbocycles. The summed E-state index contributed by atoms with van der Waals surface area (Å²) >= 11 is 0. The fourth-order valence-electron chi connectivity index (χ4n) is 3.63. The van der Waals surface area contributed by atoms with Gasteiger partial charge < -0.3 is 15.5 Å². The Morgan fingerprint density at radius 3 is 2.42 bits per heavy atom. The number of rotatable bonds is 6. The van der Waals surface area contributed by atoms with Gasteiger partial charge in [0.15, 0.2) is 5.96 Å². The molecule has 0 aromatic carbocycles. The molecule has 26 heavy (non-hydrogen) atoms. The molecular formula is C17H33F3N6. The summed E-state index contributed by atoms with van der Waals surface area (Å²) in [6.07, 6.45) is -3.43. The lowest BCUT2D eigenvalue weighted by Crippen LogP contribution is -2.53. The van der Waals surface area contributed by atoms with Gasteiger partial charge in [0.2, 0.25) is 0 Å². The van der Waals surface area contributed by atoms with E-state index in [2.05, 4.69) is 39.3 Å². The first kappa shape index (κ1) is 21.2. The van der Waals surface area contributed by atoms with Gasteiger partial charge in [0.1, 0.15) is 0 Å². The highest BCUT2D eigenvalue weighted by molar-refractivity contribution is 5.80. The van der Waals surface area contributed by atoms with Gasteiger partial charge in [-0.05, 0) is 19.9 Å². The summed E-state index contributed by atoms with van der Waals surface area (Å²) in [6.45, 7) is 10.6. The number of aliphatic imine (C=N–C) groups is 1. The molecule has 2 fully saturated rings. The molecule has 152 valence electrons. The first-order chi connectivity index (χ1) is 12.3. The number of alkyl halides is 3. The minimum Gasteiger partial charge on any atom is -0.355 e. The lowest BCUT2D eigenvalue weighted by Gasteiger charge is -2.37. The van der Waals surface area contributed by atoms with Crippen molar-refractivity contribution in [2.75, 3.05) is 66.0 Å². The van der Waals surface area contributed by atoms with E-state index in [1.807, 2.05) is 0 Å². The van der Waals surface area contributed by atoms with Crippen LogP contribution in [0.15, 0.2) is 4.99 Å². The molecule has 0 aromatic heterocycles. The average Bonchev–Trinajstić information content (AvgIpc) is 3.03. The van der Waals surface area contributed by atoms with Gasteiger partial charge in [-0.25, -0.2) is 0 Å². The largest absolute Gasteiger partial charge is 0.401 e. The van der Waals surface area contributed by atoms with Gasteiger partial charge in [0, 0.05) is 64.9 Å². The van der Waals surface area contributed by atoms with Crippen molar-refractivity contribution in [3.05, 3.63) is 0 Å². The van der Waals surface area contributed by atoms with Crippen molar-refractivity contribution in [1.29, 1.82) is 0 Å². The second-order valence-electron chi connectivity index (χ2n) is 7.25. The number of likely N-dealkylation sites (N-methyl/N-ethyl adjacent to an activating group) is 1. The second kappa shape index (κ2) is 9.75. The Bertz CT molecular complexity index is 448. The maximum atomic E-state index is 12.5. The SMILES string of the molecule is CCN1CCN(C(C)CNC(=NC)NC2CCN(CC(F)(F)F)C2)CC1. The van der Waals surface area contributed by atoms with E-state index >= 15 is 0 Å². The van der Waals surface area contributed by atoms with E-state index in [0.717, 1.165) is 39.3 Å². The predicted octanol–water partition coefficient (Wildman–Crippen LogP) is 0.814. The Kier molecular flexibility index (Phi) is 7.97. The molecule has 9 heteroatoms. The summed E-state index contributed by atoms with van der Waals surface area (Å²) in [6, 6.07) is 0.393. The van der Waals surface area contributed by atoms with Crippen LogP contribution in [0.3, 0.4) is 0 Å². The number of piperazine rings is 1. The smallest absolute Gasteiger partial charge is 0.355 e. The van der Waals surface area contributed by atoms with Crippen LogP contribution in [0.25, 0.3) is 0 Å². The second-order valence-corrected chi connectivity index (χ2v) is 7.25. The molecule has 2 aliphatic heterocycles. The molecule has 0 aromatic rings. The van der Waals surface area contributed by atoms with E-state index in [4.69, 9.17) is 0 Å². The maximum Gasteiger partial charge on any atom is 0.401 e. The number of likely N-dealkylation sites (tertiary alicyclic amines) is 1. The van der Waals surface area contributed by atoms with E-state index in [1.165, 1.54) is 4.90 Å². The summed E-state index contributed by atoms with van der Waals surface area (Å²) in [7, 11) is 1.70. The monoisotopic (exact) mass is 378 g/mol. The summed E-state index contributed by atoms with van der Waals surface area (Å²) in [5.74, 6) is 0.669. The topological polar surface area (TPSA) is 46.1 Å². The van der Waals surface area contributed by atoms with Crippen molar-refractivity contribution in [2.24, 2.45) is 4.99 Å². The van der Waals surface area contributed by atoms with Crippen molar-refractivity contribution < 1.29 is 13.2 Å². The Morgan fingerprint density at radius 1 is 1.15 bits per heavy atom. The number of guanidine groups is 1. The highest BCUT2D eigenvalue weighted by Gasteiger charge is 2.34. The molecule has 0 spiro atoms. The minimum absolute atomic E-state index is 0.00644. The zero-order valence-electron chi connectivity index (χ0n) is 16.1. The van der Waals surface area contributed by atoms with Crippen LogP contribution in [0.2, 0.25) is 0 Å². The number of halogens is 3. The van der Waals surface area contributed by atoms with E-state index in [9.17, 15) is 13.2 Å². The third kappa shape index (κ3) is 6.92. The average molecular weight is 378 g/mol. The first-order valence-corrected chi connectivity index (χ1v) is 9.53. The van der Waals surface area contributed by atoms with Crippen LogP contribution in [-0.4, -0.2) is 105 Å². The summed E-state index contributed by atoms with van der Waals surface area (Å²) in [5, 5.41) is 6.58. The standard InChI is InChI=1S/C17H33F3N6/c1-4-24-7-9-26(10-8-24)14(2)11-22-16(21-3)23-15-5-6-25(12-15)13-17(18,19)20/h14-15H,4-13H2,1-3H3,(H2,21,22,23). The zero-order chi connectivity index (χ0) is 19.2. The van der Waals surface area contributed by atoms with Gasteiger partial charge in [-0.15, -0.1) is 0 Å². The molecule has 2 rings (SSSR count). The Balaban J connectivity index is 1.70. The number of hydrogen-bond acceptors (Lipinski definition) is 4. The Labute approximate surface area is 154 Å². The molecule has 2 N–H and O–H groups in total. The minimum atomic E-state index is -4.13. The predicted molar refractivity (Wildman–Crippen MR) is 98.5 cm³/mol. The Hall–Kier alpha value is -1.06. The molecular weight excluding hydrogens is 345 g/mol. The van der Waals surface area contributed by atoms with E-state index in [-0.39, 0.29) is 6.04 Å². The highest BCUT2D eigenvalue weighted by Crippen LogP contribution is 2.19. The number of nitrogens with one attached hydrogen (secondary N) is 2. The van der Waals surface area contributed by atoms with Crippen LogP contribution in [0.1, 0.15) is 20.3 Å². The third-order valence-corrected chi connectivity index (χ3v) is 5.28. The Morgan fingerprint density at radius 2 is 1.85 bits per heavy atom. The van der Waals surface area contributed by atoms with Gasteiger partial charge in [-0.1, -0.05) is 6.92 Å². The fraction of sp³-hybridized carbons (Fsp3) is 0.941. The highest BCUT2D eigenvalue weighted by atomic mass is 19.4. The number of nitrogens with zero attached hydrogens (tertiary/aromatic N) is 4. The molecule has 2 unspecified atom stereocenters. The van der Waals surface area contributed by atoms with Crippen molar-refractivity contribution >= 4 is 5.96 Å². The fourth-order valence-corrected chi connectivity index (χ4v) is 3.63. The molecule has 2 heterocycles. The third-order valence-electron chi connectivity index (χ3n) is 5.28. The summed E-state index contributed by atoms with van der Waals surface area (Å²) in [4.78, 5) is 10.6. The van der Waals surface area contributed by atoms with Gasteiger partial charge in [0.05, 0.1) is 6.54 Å². The quantitative estimate of drug-likeness (QED) is 0.529. The van der Waals surface area contributed by atoms with E-state index in [0.29, 0.717) is 31.5 Å². The molecule has 0 radical (unpaired) electrons. The van der Waals surface area contributed by atoms with Crippen LogP contribution in [0.4, 0.5) is 13.2 Å². The van der Waals surface area contributed by atoms with E-state index < -0.39 is 12.7 Å². The summed E-state index contributed by atoms with van der Waals surface area (Å²) < 4.78 is 37.5.